The number of hydrazine groups is 1. The fourth-order valence-electron chi connectivity index (χ4n) is 3.02. The van der Waals surface area contributed by atoms with E-state index in [2.05, 4.69) is 38.3 Å². The molecule has 5 heteroatoms. The van der Waals surface area contributed by atoms with Crippen molar-refractivity contribution in [3.05, 3.63) is 33.8 Å². The highest BCUT2D eigenvalue weighted by Crippen LogP contribution is 2.32. The number of hydrogen-bond donors (Lipinski definition) is 2. The molecule has 114 valence electrons. The third-order valence-corrected chi connectivity index (χ3v) is 5.14. The summed E-state index contributed by atoms with van der Waals surface area (Å²) >= 11 is 12.6. The van der Waals surface area contributed by atoms with Gasteiger partial charge >= 0.3 is 0 Å². The molecule has 0 aliphatic heterocycles. The van der Waals surface area contributed by atoms with Crippen LogP contribution in [0, 0.1) is 0 Å². The van der Waals surface area contributed by atoms with Gasteiger partial charge in [0.2, 0.25) is 0 Å². The Hall–Kier alpha value is -0.320. The van der Waals surface area contributed by atoms with Crippen molar-refractivity contribution >= 4 is 23.2 Å². The summed E-state index contributed by atoms with van der Waals surface area (Å²) in [5.41, 5.74) is 3.89. The van der Waals surface area contributed by atoms with Gasteiger partial charge in [-0.3, -0.25) is 11.3 Å². The summed E-state index contributed by atoms with van der Waals surface area (Å²) in [6.07, 6.45) is 2.69. The number of hydrogen-bond acceptors (Lipinski definition) is 3. The molecule has 3 nitrogen and oxygen atoms in total. The first kappa shape index (κ1) is 17.7. The SMILES string of the molecule is CCC(CC)(C(Cc1c(Cl)cccc1Cl)NN)N(C)C. The minimum absolute atomic E-state index is 0.0305. The Kier molecular flexibility index (Phi) is 6.76. The van der Waals surface area contributed by atoms with E-state index in [9.17, 15) is 0 Å². The lowest BCUT2D eigenvalue weighted by Gasteiger charge is -2.45. The number of benzene rings is 1. The highest BCUT2D eigenvalue weighted by molar-refractivity contribution is 6.36. The van der Waals surface area contributed by atoms with Gasteiger partial charge in [-0.25, -0.2) is 0 Å². The summed E-state index contributed by atoms with van der Waals surface area (Å²) < 4.78 is 0. The molecule has 0 heterocycles. The molecule has 3 N–H and O–H groups in total. The Balaban J connectivity index is 3.13. The van der Waals surface area contributed by atoms with Crippen LogP contribution in [0.5, 0.6) is 0 Å². The number of nitrogens with zero attached hydrogens (tertiary/aromatic N) is 1. The minimum atomic E-state index is -0.0305. The van der Waals surface area contributed by atoms with Crippen molar-refractivity contribution in [1.29, 1.82) is 0 Å². The van der Waals surface area contributed by atoms with E-state index in [-0.39, 0.29) is 11.6 Å². The smallest absolute Gasteiger partial charge is 0.0453 e. The monoisotopic (exact) mass is 317 g/mol. The first-order valence-electron chi connectivity index (χ1n) is 6.99. The molecular weight excluding hydrogens is 293 g/mol. The van der Waals surface area contributed by atoms with Crippen LogP contribution in [0.3, 0.4) is 0 Å². The van der Waals surface area contributed by atoms with E-state index in [0.717, 1.165) is 18.4 Å². The highest BCUT2D eigenvalue weighted by atomic mass is 35.5. The molecule has 1 atom stereocenters. The van der Waals surface area contributed by atoms with Crippen molar-refractivity contribution in [2.75, 3.05) is 14.1 Å². The van der Waals surface area contributed by atoms with Crippen molar-refractivity contribution in [1.82, 2.24) is 10.3 Å². The first-order chi connectivity index (χ1) is 9.42. The molecule has 0 aliphatic carbocycles. The van der Waals surface area contributed by atoms with Crippen LogP contribution in [-0.4, -0.2) is 30.6 Å². The van der Waals surface area contributed by atoms with E-state index in [1.807, 2.05) is 18.2 Å². The van der Waals surface area contributed by atoms with Gasteiger partial charge in [0, 0.05) is 21.6 Å². The zero-order chi connectivity index (χ0) is 15.3. The first-order valence-corrected chi connectivity index (χ1v) is 7.75. The number of nitrogens with two attached hydrogens (primary N) is 1. The van der Waals surface area contributed by atoms with Crippen LogP contribution in [0.1, 0.15) is 32.3 Å². The number of likely N-dealkylation sites (N-methyl/N-ethyl adjacent to an activating group) is 1. The maximum absolute atomic E-state index is 6.28. The van der Waals surface area contributed by atoms with Crippen LogP contribution in [0.15, 0.2) is 18.2 Å². The quantitative estimate of drug-likeness (QED) is 0.597. The zero-order valence-corrected chi connectivity index (χ0v) is 14.2. The summed E-state index contributed by atoms with van der Waals surface area (Å²) in [5.74, 6) is 5.83. The molecule has 0 bridgehead atoms. The minimum Gasteiger partial charge on any atom is -0.302 e. The largest absolute Gasteiger partial charge is 0.302 e. The van der Waals surface area contributed by atoms with Crippen LogP contribution in [0.4, 0.5) is 0 Å². The van der Waals surface area contributed by atoms with Crippen molar-refractivity contribution in [2.24, 2.45) is 5.84 Å². The van der Waals surface area contributed by atoms with Crippen LogP contribution in [-0.2, 0) is 6.42 Å². The third-order valence-electron chi connectivity index (χ3n) is 4.43. The van der Waals surface area contributed by atoms with Gasteiger partial charge in [-0.2, -0.15) is 0 Å². The second kappa shape index (κ2) is 7.62. The lowest BCUT2D eigenvalue weighted by atomic mass is 9.80. The predicted molar refractivity (Wildman–Crippen MR) is 88.3 cm³/mol. The van der Waals surface area contributed by atoms with E-state index in [1.165, 1.54) is 0 Å². The van der Waals surface area contributed by atoms with Gasteiger partial charge in [0.15, 0.2) is 0 Å². The van der Waals surface area contributed by atoms with E-state index < -0.39 is 0 Å². The Morgan fingerprint density at radius 1 is 1.20 bits per heavy atom. The van der Waals surface area contributed by atoms with Crippen LogP contribution in [0.2, 0.25) is 10.0 Å². The normalized spacial score (nSPS) is 13.8. The number of halogens is 2. The molecule has 1 rings (SSSR count). The zero-order valence-electron chi connectivity index (χ0n) is 12.7. The molecule has 0 fully saturated rings. The fourth-order valence-corrected chi connectivity index (χ4v) is 3.57. The van der Waals surface area contributed by atoms with Crippen LogP contribution < -0.4 is 11.3 Å². The predicted octanol–water partition coefficient (Wildman–Crippen LogP) is 3.49. The molecule has 0 aliphatic rings. The van der Waals surface area contributed by atoms with Gasteiger partial charge in [-0.15, -0.1) is 0 Å². The van der Waals surface area contributed by atoms with Crippen LogP contribution >= 0.6 is 23.2 Å². The molecule has 1 unspecified atom stereocenters. The fraction of sp³-hybridized carbons (Fsp3) is 0.600. The summed E-state index contributed by atoms with van der Waals surface area (Å²) in [6.45, 7) is 4.37. The van der Waals surface area contributed by atoms with Gasteiger partial charge in [0.1, 0.15) is 0 Å². The average Bonchev–Trinajstić information content (AvgIpc) is 2.42. The van der Waals surface area contributed by atoms with E-state index >= 15 is 0 Å². The molecule has 0 radical (unpaired) electrons. The van der Waals surface area contributed by atoms with Gasteiger partial charge in [0.25, 0.3) is 0 Å². The molecule has 0 aromatic heterocycles. The molecule has 0 amide bonds. The van der Waals surface area contributed by atoms with Crippen LogP contribution in [0.25, 0.3) is 0 Å². The van der Waals surface area contributed by atoms with Crippen molar-refractivity contribution in [3.8, 4) is 0 Å². The van der Waals surface area contributed by atoms with Gasteiger partial charge < -0.3 is 4.90 Å². The van der Waals surface area contributed by atoms with Gasteiger partial charge in [0.05, 0.1) is 0 Å². The molecule has 1 aromatic rings. The van der Waals surface area contributed by atoms with E-state index in [4.69, 9.17) is 29.0 Å². The van der Waals surface area contributed by atoms with Gasteiger partial charge in [-0.05, 0) is 51.1 Å². The molecule has 0 saturated heterocycles. The van der Waals surface area contributed by atoms with Gasteiger partial charge in [-0.1, -0.05) is 43.1 Å². The third kappa shape index (κ3) is 3.46. The topological polar surface area (TPSA) is 41.3 Å². The van der Waals surface area contributed by atoms with E-state index in [0.29, 0.717) is 16.5 Å². The summed E-state index contributed by atoms with van der Waals surface area (Å²) in [6, 6.07) is 5.67. The standard InChI is InChI=1S/C15H25Cl2N3/c1-5-15(6-2,20(3)4)14(19-18)10-11-12(16)8-7-9-13(11)17/h7-9,14,19H,5-6,10,18H2,1-4H3. The Morgan fingerprint density at radius 2 is 1.70 bits per heavy atom. The molecule has 20 heavy (non-hydrogen) atoms. The second-order valence-electron chi connectivity index (χ2n) is 5.33. The lowest BCUT2D eigenvalue weighted by Crippen LogP contribution is -2.61. The molecule has 0 spiro atoms. The number of nitrogens with one attached hydrogen (secondary N) is 1. The molecular formula is C15H25Cl2N3. The van der Waals surface area contributed by atoms with Crippen molar-refractivity contribution in [3.63, 3.8) is 0 Å². The maximum atomic E-state index is 6.28. The lowest BCUT2D eigenvalue weighted by molar-refractivity contribution is 0.0882. The summed E-state index contributed by atoms with van der Waals surface area (Å²) in [7, 11) is 4.18. The molecule has 1 aromatic carbocycles. The maximum Gasteiger partial charge on any atom is 0.0453 e. The van der Waals surface area contributed by atoms with Crippen molar-refractivity contribution in [2.45, 2.75) is 44.7 Å². The second-order valence-corrected chi connectivity index (χ2v) is 6.14. The Morgan fingerprint density at radius 3 is 2.05 bits per heavy atom. The van der Waals surface area contributed by atoms with Crippen molar-refractivity contribution < 1.29 is 0 Å². The summed E-state index contributed by atoms with van der Waals surface area (Å²) in [4.78, 5) is 2.24. The highest BCUT2D eigenvalue weighted by Gasteiger charge is 2.37. The Labute approximate surface area is 132 Å². The molecule has 0 saturated carbocycles. The summed E-state index contributed by atoms with van der Waals surface area (Å²) in [5, 5.41) is 1.38. The number of rotatable bonds is 7. The van der Waals surface area contributed by atoms with E-state index in [1.54, 1.807) is 0 Å². The Bertz CT molecular complexity index is 411. The average molecular weight is 318 g/mol.